The molecule has 0 radical (unpaired) electrons. The first-order chi connectivity index (χ1) is 9.93. The van der Waals surface area contributed by atoms with E-state index in [0.717, 1.165) is 5.69 Å². The number of nitro benzene ring substituents is 1. The molecule has 2 aromatic rings. The van der Waals surface area contributed by atoms with Gasteiger partial charge in [-0.2, -0.15) is 0 Å². The first kappa shape index (κ1) is 15.4. The molecule has 0 unspecified atom stereocenters. The number of nitrogens with zero attached hydrogens (tertiary/aromatic N) is 3. The van der Waals surface area contributed by atoms with E-state index >= 15 is 0 Å². The molecule has 0 atom stereocenters. The molecule has 0 aliphatic carbocycles. The monoisotopic (exact) mass is 400 g/mol. The number of hydrogen-bond donors (Lipinski definition) is 1. The second-order valence-electron chi connectivity index (χ2n) is 4.43. The van der Waals surface area contributed by atoms with Crippen molar-refractivity contribution in [2.45, 2.75) is 13.5 Å². The van der Waals surface area contributed by atoms with Crippen LogP contribution in [0.15, 0.2) is 29.3 Å². The van der Waals surface area contributed by atoms with Crippen molar-refractivity contribution < 1.29 is 4.92 Å². The molecule has 0 amide bonds. The molecular formula is C13H13IN4O3. The molecule has 1 N–H and O–H groups in total. The molecule has 1 aromatic carbocycles. The molecule has 0 spiro atoms. The van der Waals surface area contributed by atoms with E-state index in [4.69, 9.17) is 0 Å². The summed E-state index contributed by atoms with van der Waals surface area (Å²) < 4.78 is 1.99. The molecule has 0 saturated carbocycles. The molecule has 1 heterocycles. The van der Waals surface area contributed by atoms with Gasteiger partial charge in [0.25, 0.3) is 11.2 Å². The third-order valence-corrected chi connectivity index (χ3v) is 4.31. The SMILES string of the molecule is CNc1ccc([N+](=O)[O-])cc1Cn1cnc(C)c(I)c1=O. The van der Waals surface area contributed by atoms with Crippen LogP contribution >= 0.6 is 22.6 Å². The Morgan fingerprint density at radius 1 is 1.48 bits per heavy atom. The van der Waals surface area contributed by atoms with Crippen LogP contribution in [0.5, 0.6) is 0 Å². The fourth-order valence-corrected chi connectivity index (χ4v) is 2.36. The van der Waals surface area contributed by atoms with Crippen LogP contribution < -0.4 is 10.9 Å². The standard InChI is InChI=1S/C13H13IN4O3/c1-8-12(14)13(19)17(7-16-8)6-9-5-10(18(20)21)3-4-11(9)15-2/h3-5,7,15H,6H2,1-2H3. The Kier molecular flexibility index (Phi) is 4.56. The number of aromatic nitrogens is 2. The third-order valence-electron chi connectivity index (χ3n) is 3.07. The second kappa shape index (κ2) is 6.20. The molecule has 2 rings (SSSR count). The average Bonchev–Trinajstić information content (AvgIpc) is 2.47. The van der Waals surface area contributed by atoms with Crippen molar-refractivity contribution in [2.24, 2.45) is 0 Å². The highest BCUT2D eigenvalue weighted by Gasteiger charge is 2.12. The van der Waals surface area contributed by atoms with Gasteiger partial charge in [-0.25, -0.2) is 4.98 Å². The van der Waals surface area contributed by atoms with Gasteiger partial charge in [-0.3, -0.25) is 19.5 Å². The van der Waals surface area contributed by atoms with Crippen LogP contribution in [0.3, 0.4) is 0 Å². The van der Waals surface area contributed by atoms with Gasteiger partial charge in [-0.1, -0.05) is 0 Å². The lowest BCUT2D eigenvalue weighted by Gasteiger charge is -2.11. The Labute approximate surface area is 134 Å². The number of benzene rings is 1. The Bertz CT molecular complexity index is 758. The smallest absolute Gasteiger partial charge is 0.269 e. The highest BCUT2D eigenvalue weighted by Crippen LogP contribution is 2.22. The molecule has 0 aliphatic heterocycles. The van der Waals surface area contributed by atoms with Crippen molar-refractivity contribution in [2.75, 3.05) is 12.4 Å². The van der Waals surface area contributed by atoms with Crippen molar-refractivity contribution in [3.63, 3.8) is 0 Å². The summed E-state index contributed by atoms with van der Waals surface area (Å²) in [5.74, 6) is 0. The fourth-order valence-electron chi connectivity index (χ4n) is 1.91. The highest BCUT2D eigenvalue weighted by atomic mass is 127. The van der Waals surface area contributed by atoms with E-state index in [0.29, 0.717) is 14.8 Å². The van der Waals surface area contributed by atoms with Crippen LogP contribution in [0.1, 0.15) is 11.3 Å². The predicted molar refractivity (Wildman–Crippen MR) is 87.7 cm³/mol. The number of hydrogen-bond acceptors (Lipinski definition) is 5. The average molecular weight is 400 g/mol. The van der Waals surface area contributed by atoms with Gasteiger partial charge in [0.2, 0.25) is 0 Å². The minimum atomic E-state index is -0.455. The van der Waals surface area contributed by atoms with Crippen LogP contribution in [-0.4, -0.2) is 21.5 Å². The van der Waals surface area contributed by atoms with E-state index in [1.54, 1.807) is 20.0 Å². The van der Waals surface area contributed by atoms with Crippen LogP contribution in [0.2, 0.25) is 0 Å². The number of aryl methyl sites for hydroxylation is 1. The summed E-state index contributed by atoms with van der Waals surface area (Å²) in [4.78, 5) is 26.7. The number of rotatable bonds is 4. The number of nitro groups is 1. The van der Waals surface area contributed by atoms with Crippen LogP contribution in [0, 0.1) is 20.6 Å². The van der Waals surface area contributed by atoms with E-state index in [1.165, 1.54) is 23.0 Å². The van der Waals surface area contributed by atoms with Gasteiger partial charge in [-0.15, -0.1) is 0 Å². The largest absolute Gasteiger partial charge is 0.388 e. The summed E-state index contributed by atoms with van der Waals surface area (Å²) in [6.07, 6.45) is 1.46. The number of halogens is 1. The van der Waals surface area contributed by atoms with E-state index in [2.05, 4.69) is 10.3 Å². The second-order valence-corrected chi connectivity index (χ2v) is 5.50. The maximum Gasteiger partial charge on any atom is 0.269 e. The third kappa shape index (κ3) is 3.20. The summed E-state index contributed by atoms with van der Waals surface area (Å²) in [5.41, 5.74) is 1.91. The first-order valence-corrected chi connectivity index (χ1v) is 7.18. The molecule has 110 valence electrons. The van der Waals surface area contributed by atoms with Gasteiger partial charge in [0.05, 0.1) is 27.1 Å². The van der Waals surface area contributed by atoms with Crippen molar-refractivity contribution in [1.29, 1.82) is 0 Å². The van der Waals surface area contributed by atoms with Crippen molar-refractivity contribution >= 4 is 34.0 Å². The maximum absolute atomic E-state index is 12.2. The summed E-state index contributed by atoms with van der Waals surface area (Å²) in [5, 5.41) is 13.8. The van der Waals surface area contributed by atoms with Gasteiger partial charge in [0.1, 0.15) is 0 Å². The lowest BCUT2D eigenvalue weighted by molar-refractivity contribution is -0.384. The molecule has 0 fully saturated rings. The lowest BCUT2D eigenvalue weighted by atomic mass is 10.1. The molecule has 0 saturated heterocycles. The molecule has 21 heavy (non-hydrogen) atoms. The van der Waals surface area contributed by atoms with Gasteiger partial charge in [-0.05, 0) is 35.6 Å². The molecular weight excluding hydrogens is 387 g/mol. The first-order valence-electron chi connectivity index (χ1n) is 6.10. The van der Waals surface area contributed by atoms with Crippen LogP contribution in [0.25, 0.3) is 0 Å². The Morgan fingerprint density at radius 3 is 2.81 bits per heavy atom. The lowest BCUT2D eigenvalue weighted by Crippen LogP contribution is -2.24. The predicted octanol–water partition coefficient (Wildman–Crippen LogP) is 2.15. The fraction of sp³-hybridized carbons (Fsp3) is 0.231. The van der Waals surface area contributed by atoms with E-state index in [9.17, 15) is 14.9 Å². The minimum absolute atomic E-state index is 0.00758. The van der Waals surface area contributed by atoms with Crippen molar-refractivity contribution in [3.8, 4) is 0 Å². The normalized spacial score (nSPS) is 10.4. The number of non-ortho nitro benzene ring substituents is 1. The quantitative estimate of drug-likeness (QED) is 0.483. The van der Waals surface area contributed by atoms with E-state index < -0.39 is 4.92 Å². The molecule has 8 heteroatoms. The van der Waals surface area contributed by atoms with E-state index in [1.807, 2.05) is 22.6 Å². The summed E-state index contributed by atoms with van der Waals surface area (Å²) in [6.45, 7) is 1.99. The zero-order valence-electron chi connectivity index (χ0n) is 11.5. The zero-order chi connectivity index (χ0) is 15.6. The zero-order valence-corrected chi connectivity index (χ0v) is 13.6. The summed E-state index contributed by atoms with van der Waals surface area (Å²) in [6, 6.07) is 4.52. The van der Waals surface area contributed by atoms with Crippen molar-refractivity contribution in [3.05, 3.63) is 59.8 Å². The molecule has 0 aliphatic rings. The van der Waals surface area contributed by atoms with Gasteiger partial charge in [0, 0.05) is 30.4 Å². The van der Waals surface area contributed by atoms with Gasteiger partial charge < -0.3 is 5.32 Å². The van der Waals surface area contributed by atoms with Gasteiger partial charge in [0.15, 0.2) is 0 Å². The van der Waals surface area contributed by atoms with Crippen LogP contribution in [-0.2, 0) is 6.54 Å². The number of nitrogens with one attached hydrogen (secondary N) is 1. The molecule has 0 bridgehead atoms. The summed E-state index contributed by atoms with van der Waals surface area (Å²) >= 11 is 1.95. The van der Waals surface area contributed by atoms with Crippen molar-refractivity contribution in [1.82, 2.24) is 9.55 Å². The van der Waals surface area contributed by atoms with Gasteiger partial charge >= 0.3 is 0 Å². The maximum atomic E-state index is 12.2. The number of anilines is 1. The summed E-state index contributed by atoms with van der Waals surface area (Å²) in [7, 11) is 1.73. The molecule has 7 nitrogen and oxygen atoms in total. The minimum Gasteiger partial charge on any atom is -0.388 e. The molecule has 1 aromatic heterocycles. The topological polar surface area (TPSA) is 90.1 Å². The van der Waals surface area contributed by atoms with E-state index in [-0.39, 0.29) is 17.8 Å². The highest BCUT2D eigenvalue weighted by molar-refractivity contribution is 14.1. The van der Waals surface area contributed by atoms with Crippen LogP contribution in [0.4, 0.5) is 11.4 Å². The Balaban J connectivity index is 2.48. The Hall–Kier alpha value is -1.97. The Morgan fingerprint density at radius 2 is 2.19 bits per heavy atom.